The third kappa shape index (κ3) is 2.70. The fourth-order valence-corrected chi connectivity index (χ4v) is 4.46. The molecule has 0 aromatic carbocycles. The number of H-pyrrole nitrogens is 1. The summed E-state index contributed by atoms with van der Waals surface area (Å²) in [7, 11) is 0. The SMILES string of the molecule is CCCn1ccnc1C1c2nc[nH]c2CCN1Cc1sccc1C. The lowest BCUT2D eigenvalue weighted by Crippen LogP contribution is -2.37. The Morgan fingerprint density at radius 1 is 1.38 bits per heavy atom. The number of nitrogens with one attached hydrogen (secondary N) is 1. The van der Waals surface area contributed by atoms with Gasteiger partial charge in [0.15, 0.2) is 0 Å². The van der Waals surface area contributed by atoms with Crippen molar-refractivity contribution in [3.8, 4) is 0 Å². The first-order valence-electron chi connectivity index (χ1n) is 8.58. The summed E-state index contributed by atoms with van der Waals surface area (Å²) in [5.74, 6) is 1.11. The summed E-state index contributed by atoms with van der Waals surface area (Å²) in [6.07, 6.45) is 7.96. The van der Waals surface area contributed by atoms with Crippen LogP contribution < -0.4 is 0 Å². The zero-order valence-electron chi connectivity index (χ0n) is 14.2. The fourth-order valence-electron chi connectivity index (χ4n) is 3.53. The first-order valence-corrected chi connectivity index (χ1v) is 9.46. The van der Waals surface area contributed by atoms with Crippen LogP contribution in [0.15, 0.2) is 30.2 Å². The zero-order valence-corrected chi connectivity index (χ0v) is 15.0. The molecule has 4 rings (SSSR count). The molecule has 1 unspecified atom stereocenters. The number of fused-ring (bicyclic) bond motifs is 1. The molecule has 126 valence electrons. The Kier molecular flexibility index (Phi) is 4.24. The third-order valence-electron chi connectivity index (χ3n) is 4.80. The number of thiophene rings is 1. The molecular formula is C18H23N5S. The van der Waals surface area contributed by atoms with Crippen molar-refractivity contribution in [3.05, 3.63) is 57.8 Å². The van der Waals surface area contributed by atoms with Gasteiger partial charge in [-0.2, -0.15) is 0 Å². The summed E-state index contributed by atoms with van der Waals surface area (Å²) in [5.41, 5.74) is 3.77. The van der Waals surface area contributed by atoms with E-state index in [1.165, 1.54) is 16.1 Å². The van der Waals surface area contributed by atoms with Crippen molar-refractivity contribution in [1.29, 1.82) is 0 Å². The van der Waals surface area contributed by atoms with Crippen LogP contribution in [0.25, 0.3) is 0 Å². The molecular weight excluding hydrogens is 318 g/mol. The molecule has 1 aliphatic rings. The van der Waals surface area contributed by atoms with Crippen molar-refractivity contribution in [2.75, 3.05) is 6.54 Å². The Bertz CT molecular complexity index is 815. The van der Waals surface area contributed by atoms with E-state index in [-0.39, 0.29) is 6.04 Å². The topological polar surface area (TPSA) is 49.7 Å². The summed E-state index contributed by atoms with van der Waals surface area (Å²) in [6.45, 7) is 7.38. The number of rotatable bonds is 5. The molecule has 6 heteroatoms. The Hall–Kier alpha value is -1.92. The Morgan fingerprint density at radius 2 is 2.29 bits per heavy atom. The van der Waals surface area contributed by atoms with Crippen molar-refractivity contribution in [2.45, 2.75) is 45.8 Å². The Morgan fingerprint density at radius 3 is 3.08 bits per heavy atom. The molecule has 0 spiro atoms. The predicted molar refractivity (Wildman–Crippen MR) is 96.1 cm³/mol. The number of aromatic nitrogens is 4. The van der Waals surface area contributed by atoms with Gasteiger partial charge in [0, 0.05) is 49.0 Å². The van der Waals surface area contributed by atoms with E-state index in [0.29, 0.717) is 0 Å². The molecule has 0 saturated heterocycles. The molecule has 0 aliphatic carbocycles. The van der Waals surface area contributed by atoms with Gasteiger partial charge in [0.25, 0.3) is 0 Å². The number of hydrogen-bond acceptors (Lipinski definition) is 4. The monoisotopic (exact) mass is 341 g/mol. The molecule has 4 heterocycles. The lowest BCUT2D eigenvalue weighted by Gasteiger charge is -2.34. The number of aryl methyl sites for hydroxylation is 2. The van der Waals surface area contributed by atoms with Crippen molar-refractivity contribution in [1.82, 2.24) is 24.4 Å². The molecule has 0 amide bonds. The fraction of sp³-hybridized carbons (Fsp3) is 0.444. The van der Waals surface area contributed by atoms with Gasteiger partial charge in [0.05, 0.1) is 12.0 Å². The van der Waals surface area contributed by atoms with Crippen LogP contribution in [0.4, 0.5) is 0 Å². The normalized spacial score (nSPS) is 18.0. The molecule has 0 bridgehead atoms. The van der Waals surface area contributed by atoms with Gasteiger partial charge in [0.2, 0.25) is 0 Å². The molecule has 3 aromatic rings. The lowest BCUT2D eigenvalue weighted by atomic mass is 10.0. The molecule has 1 atom stereocenters. The molecule has 3 aromatic heterocycles. The number of imidazole rings is 2. The second kappa shape index (κ2) is 6.53. The van der Waals surface area contributed by atoms with E-state index < -0.39 is 0 Å². The van der Waals surface area contributed by atoms with Crippen molar-refractivity contribution < 1.29 is 0 Å². The Labute approximate surface area is 146 Å². The first-order chi connectivity index (χ1) is 11.8. The summed E-state index contributed by atoms with van der Waals surface area (Å²) in [4.78, 5) is 16.6. The highest BCUT2D eigenvalue weighted by molar-refractivity contribution is 7.10. The largest absolute Gasteiger partial charge is 0.348 e. The van der Waals surface area contributed by atoms with Gasteiger partial charge in [-0.05, 0) is 30.4 Å². The summed E-state index contributed by atoms with van der Waals surface area (Å²) in [6, 6.07) is 2.33. The van der Waals surface area contributed by atoms with E-state index >= 15 is 0 Å². The third-order valence-corrected chi connectivity index (χ3v) is 5.80. The molecule has 0 radical (unpaired) electrons. The van der Waals surface area contributed by atoms with Crippen LogP contribution in [0, 0.1) is 6.92 Å². The van der Waals surface area contributed by atoms with Crippen LogP contribution in [0.1, 0.15) is 47.0 Å². The quantitative estimate of drug-likeness (QED) is 0.772. The van der Waals surface area contributed by atoms with E-state index in [9.17, 15) is 0 Å². The van der Waals surface area contributed by atoms with Gasteiger partial charge >= 0.3 is 0 Å². The highest BCUT2D eigenvalue weighted by Crippen LogP contribution is 2.34. The molecule has 1 aliphatic heterocycles. The lowest BCUT2D eigenvalue weighted by molar-refractivity contribution is 0.191. The van der Waals surface area contributed by atoms with Gasteiger partial charge in [-0.1, -0.05) is 6.92 Å². The molecule has 5 nitrogen and oxygen atoms in total. The van der Waals surface area contributed by atoms with Crippen LogP contribution in [0.2, 0.25) is 0 Å². The van der Waals surface area contributed by atoms with Gasteiger partial charge < -0.3 is 9.55 Å². The van der Waals surface area contributed by atoms with E-state index in [1.54, 1.807) is 0 Å². The van der Waals surface area contributed by atoms with Gasteiger partial charge in [-0.15, -0.1) is 11.3 Å². The minimum atomic E-state index is 0.128. The standard InChI is InChI=1S/C18H23N5S/c1-3-7-22-9-6-19-18(22)17-16-14(20-12-21-16)4-8-23(17)11-15-13(2)5-10-24-15/h5-6,9-10,12,17H,3-4,7-8,11H2,1-2H3,(H,20,21). The second-order valence-corrected chi connectivity index (χ2v) is 7.40. The Balaban J connectivity index is 1.73. The smallest absolute Gasteiger partial charge is 0.132 e. The minimum absolute atomic E-state index is 0.128. The van der Waals surface area contributed by atoms with Crippen LogP contribution in [-0.4, -0.2) is 31.0 Å². The van der Waals surface area contributed by atoms with Crippen molar-refractivity contribution in [2.24, 2.45) is 0 Å². The van der Waals surface area contributed by atoms with Crippen LogP contribution in [0.5, 0.6) is 0 Å². The maximum absolute atomic E-state index is 4.71. The van der Waals surface area contributed by atoms with Gasteiger partial charge in [0.1, 0.15) is 11.9 Å². The predicted octanol–water partition coefficient (Wildman–Crippen LogP) is 3.53. The summed E-state index contributed by atoms with van der Waals surface area (Å²) < 4.78 is 2.28. The van der Waals surface area contributed by atoms with E-state index in [2.05, 4.69) is 50.9 Å². The van der Waals surface area contributed by atoms with Gasteiger partial charge in [-0.25, -0.2) is 9.97 Å². The highest BCUT2D eigenvalue weighted by atomic mass is 32.1. The van der Waals surface area contributed by atoms with E-state index in [0.717, 1.165) is 44.0 Å². The number of nitrogens with zero attached hydrogens (tertiary/aromatic N) is 4. The maximum Gasteiger partial charge on any atom is 0.132 e. The van der Waals surface area contributed by atoms with Gasteiger partial charge in [-0.3, -0.25) is 4.90 Å². The van der Waals surface area contributed by atoms with E-state index in [4.69, 9.17) is 4.98 Å². The van der Waals surface area contributed by atoms with Crippen molar-refractivity contribution >= 4 is 11.3 Å². The van der Waals surface area contributed by atoms with Crippen LogP contribution >= 0.6 is 11.3 Å². The maximum atomic E-state index is 4.71. The highest BCUT2D eigenvalue weighted by Gasteiger charge is 2.34. The average molecular weight is 341 g/mol. The second-order valence-electron chi connectivity index (χ2n) is 6.39. The van der Waals surface area contributed by atoms with E-state index in [1.807, 2.05) is 23.9 Å². The molecule has 24 heavy (non-hydrogen) atoms. The number of aromatic amines is 1. The minimum Gasteiger partial charge on any atom is -0.348 e. The molecule has 0 saturated carbocycles. The van der Waals surface area contributed by atoms with Crippen LogP contribution in [0.3, 0.4) is 0 Å². The summed E-state index contributed by atoms with van der Waals surface area (Å²) >= 11 is 1.84. The van der Waals surface area contributed by atoms with Crippen molar-refractivity contribution in [3.63, 3.8) is 0 Å². The van der Waals surface area contributed by atoms with Crippen LogP contribution in [-0.2, 0) is 19.5 Å². The molecule has 1 N–H and O–H groups in total. The number of hydrogen-bond donors (Lipinski definition) is 1. The summed E-state index contributed by atoms with van der Waals surface area (Å²) in [5, 5.41) is 2.18. The zero-order chi connectivity index (χ0) is 16.5. The first kappa shape index (κ1) is 15.6. The molecule has 0 fully saturated rings. The average Bonchev–Trinajstić information content (AvgIpc) is 3.30.